The normalized spacial score (nSPS) is 11.5. The number of rotatable bonds is 5. The average Bonchev–Trinajstić information content (AvgIpc) is 2.59. The maximum absolute atomic E-state index is 12.0. The molecule has 0 aliphatic heterocycles. The van der Waals surface area contributed by atoms with Crippen molar-refractivity contribution >= 4 is 27.7 Å². The Morgan fingerprint density at radius 2 is 1.83 bits per heavy atom. The van der Waals surface area contributed by atoms with Crippen molar-refractivity contribution in [1.82, 2.24) is 10.9 Å². The van der Waals surface area contributed by atoms with E-state index in [9.17, 15) is 9.59 Å². The van der Waals surface area contributed by atoms with Crippen LogP contribution < -0.4 is 15.6 Å². The molecule has 5 nitrogen and oxygen atoms in total. The van der Waals surface area contributed by atoms with E-state index in [-0.39, 0.29) is 5.91 Å². The fourth-order valence-electron chi connectivity index (χ4n) is 1.98. The first-order valence-corrected chi connectivity index (χ1v) is 8.40. The van der Waals surface area contributed by atoms with Crippen molar-refractivity contribution in [3.63, 3.8) is 0 Å². The molecule has 0 heterocycles. The molecular weight excluding hydrogens is 372 g/mol. The number of aryl methyl sites for hydroxylation is 1. The molecule has 1 atom stereocenters. The molecule has 126 valence electrons. The Labute approximate surface area is 149 Å². The van der Waals surface area contributed by atoms with Gasteiger partial charge in [0.1, 0.15) is 5.75 Å². The van der Waals surface area contributed by atoms with Crippen LogP contribution in [0.25, 0.3) is 0 Å². The van der Waals surface area contributed by atoms with Crippen molar-refractivity contribution in [3.8, 4) is 5.75 Å². The Morgan fingerprint density at radius 1 is 1.12 bits per heavy atom. The lowest BCUT2D eigenvalue weighted by molar-refractivity contribution is -0.128. The molecule has 2 rings (SSSR count). The summed E-state index contributed by atoms with van der Waals surface area (Å²) in [4.78, 5) is 24.0. The molecule has 0 radical (unpaired) electrons. The second-order valence-corrected chi connectivity index (χ2v) is 6.13. The van der Waals surface area contributed by atoms with Gasteiger partial charge < -0.3 is 4.74 Å². The average molecular weight is 391 g/mol. The number of hydrazine groups is 1. The third-order valence-electron chi connectivity index (χ3n) is 3.40. The van der Waals surface area contributed by atoms with Crippen molar-refractivity contribution < 1.29 is 14.3 Å². The monoisotopic (exact) mass is 390 g/mol. The van der Waals surface area contributed by atoms with Crippen LogP contribution >= 0.6 is 15.9 Å². The maximum atomic E-state index is 12.0. The molecule has 2 amide bonds. The Morgan fingerprint density at radius 3 is 2.46 bits per heavy atom. The first-order chi connectivity index (χ1) is 11.5. The molecule has 1 unspecified atom stereocenters. The highest BCUT2D eigenvalue weighted by molar-refractivity contribution is 9.10. The van der Waals surface area contributed by atoms with E-state index in [1.807, 2.05) is 31.2 Å². The van der Waals surface area contributed by atoms with E-state index < -0.39 is 12.0 Å². The standard InChI is InChI=1S/C18H19BrN2O3/c1-3-13-7-9-14(10-8-13)18(23)21-20-17(22)12(2)24-16-6-4-5-15(19)11-16/h4-12H,3H2,1-2H3,(H,20,22)(H,21,23). The zero-order valence-electron chi connectivity index (χ0n) is 13.5. The van der Waals surface area contributed by atoms with Crippen LogP contribution in [-0.2, 0) is 11.2 Å². The molecule has 0 fully saturated rings. The van der Waals surface area contributed by atoms with E-state index in [0.29, 0.717) is 11.3 Å². The first-order valence-electron chi connectivity index (χ1n) is 7.61. The van der Waals surface area contributed by atoms with Crippen LogP contribution in [0.2, 0.25) is 0 Å². The minimum absolute atomic E-state index is 0.374. The van der Waals surface area contributed by atoms with E-state index in [2.05, 4.69) is 26.8 Å². The summed E-state index contributed by atoms with van der Waals surface area (Å²) in [7, 11) is 0. The number of ether oxygens (including phenoxy) is 1. The molecule has 0 saturated heterocycles. The maximum Gasteiger partial charge on any atom is 0.279 e. The van der Waals surface area contributed by atoms with Gasteiger partial charge in [-0.1, -0.05) is 41.1 Å². The topological polar surface area (TPSA) is 67.4 Å². The van der Waals surface area contributed by atoms with Crippen LogP contribution in [0, 0.1) is 0 Å². The summed E-state index contributed by atoms with van der Waals surface area (Å²) in [5.41, 5.74) is 6.38. The number of benzene rings is 2. The summed E-state index contributed by atoms with van der Waals surface area (Å²) in [6.45, 7) is 3.65. The van der Waals surface area contributed by atoms with Crippen LogP contribution in [0.1, 0.15) is 29.8 Å². The zero-order valence-corrected chi connectivity index (χ0v) is 15.1. The first kappa shape index (κ1) is 18.0. The number of amides is 2. The molecule has 2 aromatic carbocycles. The van der Waals surface area contributed by atoms with Crippen molar-refractivity contribution in [1.29, 1.82) is 0 Å². The van der Waals surface area contributed by atoms with Crippen LogP contribution in [0.4, 0.5) is 0 Å². The van der Waals surface area contributed by atoms with Gasteiger partial charge in [-0.05, 0) is 49.2 Å². The van der Waals surface area contributed by atoms with Crippen molar-refractivity contribution in [2.24, 2.45) is 0 Å². The number of carbonyl (C=O) groups is 2. The largest absolute Gasteiger partial charge is 0.481 e. The second-order valence-electron chi connectivity index (χ2n) is 5.21. The van der Waals surface area contributed by atoms with E-state index in [0.717, 1.165) is 16.5 Å². The fraction of sp³-hybridized carbons (Fsp3) is 0.222. The summed E-state index contributed by atoms with van der Waals surface area (Å²) in [5, 5.41) is 0. The number of carbonyl (C=O) groups excluding carboxylic acids is 2. The van der Waals surface area contributed by atoms with Gasteiger partial charge in [0, 0.05) is 10.0 Å². The van der Waals surface area contributed by atoms with Crippen LogP contribution in [0.15, 0.2) is 53.0 Å². The second kappa shape index (κ2) is 8.49. The van der Waals surface area contributed by atoms with Crippen molar-refractivity contribution in [2.45, 2.75) is 26.4 Å². The third kappa shape index (κ3) is 5.09. The van der Waals surface area contributed by atoms with Gasteiger partial charge in [-0.15, -0.1) is 0 Å². The molecule has 0 aliphatic rings. The van der Waals surface area contributed by atoms with E-state index >= 15 is 0 Å². The van der Waals surface area contributed by atoms with Gasteiger partial charge in [0.2, 0.25) is 0 Å². The van der Waals surface area contributed by atoms with Gasteiger partial charge >= 0.3 is 0 Å². The van der Waals surface area contributed by atoms with Crippen molar-refractivity contribution in [3.05, 3.63) is 64.1 Å². The van der Waals surface area contributed by atoms with Gasteiger partial charge in [0.05, 0.1) is 0 Å². The molecule has 2 N–H and O–H groups in total. The van der Waals surface area contributed by atoms with Gasteiger partial charge in [0.15, 0.2) is 6.10 Å². The molecule has 0 aliphatic carbocycles. The summed E-state index contributed by atoms with van der Waals surface area (Å²) in [5.74, 6) is -0.248. The Balaban J connectivity index is 1.86. The van der Waals surface area contributed by atoms with E-state index in [1.165, 1.54) is 0 Å². The predicted molar refractivity (Wildman–Crippen MR) is 95.7 cm³/mol. The van der Waals surface area contributed by atoms with Gasteiger partial charge in [-0.3, -0.25) is 20.4 Å². The van der Waals surface area contributed by atoms with Gasteiger partial charge in [-0.2, -0.15) is 0 Å². The summed E-state index contributed by atoms with van der Waals surface area (Å²) in [6, 6.07) is 14.4. The van der Waals surface area contributed by atoms with Crippen molar-refractivity contribution in [2.75, 3.05) is 0 Å². The summed E-state index contributed by atoms with van der Waals surface area (Å²) >= 11 is 3.34. The van der Waals surface area contributed by atoms with E-state index in [1.54, 1.807) is 31.2 Å². The molecule has 6 heteroatoms. The summed E-state index contributed by atoms with van der Waals surface area (Å²) < 4.78 is 6.39. The quantitative estimate of drug-likeness (QED) is 0.770. The predicted octanol–water partition coefficient (Wildman–Crippen LogP) is 3.24. The molecule has 0 spiro atoms. The molecule has 2 aromatic rings. The highest BCUT2D eigenvalue weighted by Gasteiger charge is 2.16. The smallest absolute Gasteiger partial charge is 0.279 e. The lowest BCUT2D eigenvalue weighted by atomic mass is 10.1. The minimum atomic E-state index is -0.748. The summed E-state index contributed by atoms with van der Waals surface area (Å²) in [6.07, 6.45) is 0.158. The zero-order chi connectivity index (χ0) is 17.5. The number of hydrogen-bond donors (Lipinski definition) is 2. The Kier molecular flexibility index (Phi) is 6.37. The Hall–Kier alpha value is -2.34. The number of hydrogen-bond acceptors (Lipinski definition) is 3. The lowest BCUT2D eigenvalue weighted by Gasteiger charge is -2.15. The third-order valence-corrected chi connectivity index (χ3v) is 3.90. The van der Waals surface area contributed by atoms with Crippen LogP contribution in [0.5, 0.6) is 5.75 Å². The molecule has 0 bridgehead atoms. The van der Waals surface area contributed by atoms with E-state index in [4.69, 9.17) is 4.74 Å². The van der Waals surface area contributed by atoms with Gasteiger partial charge in [0.25, 0.3) is 11.8 Å². The minimum Gasteiger partial charge on any atom is -0.481 e. The fourth-order valence-corrected chi connectivity index (χ4v) is 2.36. The molecule has 0 saturated carbocycles. The lowest BCUT2D eigenvalue weighted by Crippen LogP contribution is -2.47. The number of halogens is 1. The highest BCUT2D eigenvalue weighted by atomic mass is 79.9. The molecule has 24 heavy (non-hydrogen) atoms. The number of nitrogens with one attached hydrogen (secondary N) is 2. The highest BCUT2D eigenvalue weighted by Crippen LogP contribution is 2.18. The van der Waals surface area contributed by atoms with Crippen LogP contribution in [0.3, 0.4) is 0 Å². The van der Waals surface area contributed by atoms with Crippen LogP contribution in [-0.4, -0.2) is 17.9 Å². The Bertz CT molecular complexity index is 716. The SMILES string of the molecule is CCc1ccc(C(=O)NNC(=O)C(C)Oc2cccc(Br)c2)cc1. The van der Waals surface area contributed by atoms with Gasteiger partial charge in [-0.25, -0.2) is 0 Å². The molecule has 0 aromatic heterocycles. The molecular formula is C18H19BrN2O3.